The van der Waals surface area contributed by atoms with Gasteiger partial charge in [0.05, 0.1) is 5.69 Å². The fraction of sp³-hybridized carbons (Fsp3) is 0.444. The fourth-order valence-electron chi connectivity index (χ4n) is 2.51. The minimum Gasteiger partial charge on any atom is -0.338 e. The lowest BCUT2D eigenvalue weighted by molar-refractivity contribution is 0.0766. The Kier molecular flexibility index (Phi) is 6.45. The molecule has 0 radical (unpaired) electrons. The van der Waals surface area contributed by atoms with Gasteiger partial charge in [0.25, 0.3) is 5.91 Å². The molecule has 0 aliphatic rings. The topological polar surface area (TPSA) is 45.2 Å². The lowest BCUT2D eigenvalue weighted by Crippen LogP contribution is -2.32. The number of halogens is 1. The second-order valence-electron chi connectivity index (χ2n) is 5.76. The van der Waals surface area contributed by atoms with Gasteiger partial charge in [0, 0.05) is 18.7 Å². The first-order chi connectivity index (χ1) is 11.5. The molecule has 0 fully saturated rings. The summed E-state index contributed by atoms with van der Waals surface area (Å²) in [5.74, 6) is -0.336. The molecule has 1 aromatic carbocycles. The van der Waals surface area contributed by atoms with Gasteiger partial charge >= 0.3 is 0 Å². The maximum absolute atomic E-state index is 14.1. The van der Waals surface area contributed by atoms with E-state index >= 15 is 0 Å². The Balaban J connectivity index is 2.27. The maximum atomic E-state index is 14.1. The Morgan fingerprint density at radius 2 is 2.12 bits per heavy atom. The van der Waals surface area contributed by atoms with E-state index in [2.05, 4.69) is 10.3 Å². The number of thiazole rings is 1. The number of nitrogens with zero attached hydrogens (tertiary/aromatic N) is 2. The number of aromatic nitrogens is 1. The molecule has 130 valence electrons. The molecule has 6 heteroatoms. The van der Waals surface area contributed by atoms with E-state index in [1.807, 2.05) is 32.7 Å². The summed E-state index contributed by atoms with van der Waals surface area (Å²) in [4.78, 5) is 19.6. The molecule has 4 nitrogen and oxygen atoms in total. The van der Waals surface area contributed by atoms with Gasteiger partial charge in [-0.05, 0) is 52.9 Å². The molecular weight excluding hydrogens is 325 g/mol. The molecule has 2 aromatic rings. The molecule has 0 atom stereocenters. The highest BCUT2D eigenvalue weighted by Gasteiger charge is 2.21. The van der Waals surface area contributed by atoms with Crippen LogP contribution in [0.2, 0.25) is 0 Å². The summed E-state index contributed by atoms with van der Waals surface area (Å²) in [6.45, 7) is 7.90. The molecule has 0 bridgehead atoms. The van der Waals surface area contributed by atoms with Gasteiger partial charge in [-0.2, -0.15) is 0 Å². The third-order valence-electron chi connectivity index (χ3n) is 3.87. The lowest BCUT2D eigenvalue weighted by atomic mass is 10.1. The highest BCUT2D eigenvalue weighted by Crippen LogP contribution is 2.31. The van der Waals surface area contributed by atoms with Crippen LogP contribution in [0.3, 0.4) is 0 Å². The Morgan fingerprint density at radius 3 is 2.79 bits per heavy atom. The summed E-state index contributed by atoms with van der Waals surface area (Å²) in [7, 11) is 1.90. The molecule has 0 aliphatic carbocycles. The zero-order valence-electron chi connectivity index (χ0n) is 14.6. The summed E-state index contributed by atoms with van der Waals surface area (Å²) in [6, 6.07) is 4.94. The van der Waals surface area contributed by atoms with Gasteiger partial charge in [-0.3, -0.25) is 4.79 Å². The number of carbonyl (C=O) groups excluding carboxylic acids is 1. The Labute approximate surface area is 146 Å². The van der Waals surface area contributed by atoms with Gasteiger partial charge in [0.2, 0.25) is 0 Å². The number of amides is 1. The van der Waals surface area contributed by atoms with Crippen molar-refractivity contribution in [3.8, 4) is 10.6 Å². The summed E-state index contributed by atoms with van der Waals surface area (Å²) >= 11 is 1.27. The number of carbonyl (C=O) groups is 1. The molecular formula is C18H24FN3OS. The number of nitrogens with one attached hydrogen (secondary N) is 1. The molecule has 0 aliphatic heterocycles. The highest BCUT2D eigenvalue weighted by atomic mass is 32.1. The average molecular weight is 349 g/mol. The molecule has 2 rings (SSSR count). The van der Waals surface area contributed by atoms with Crippen LogP contribution < -0.4 is 5.32 Å². The van der Waals surface area contributed by atoms with Gasteiger partial charge in [-0.1, -0.05) is 11.6 Å². The minimum absolute atomic E-state index is 0.0251. The van der Waals surface area contributed by atoms with Crippen LogP contribution in [0.1, 0.15) is 34.3 Å². The van der Waals surface area contributed by atoms with Crippen molar-refractivity contribution in [3.05, 3.63) is 40.2 Å². The largest absolute Gasteiger partial charge is 0.338 e. The molecule has 0 saturated carbocycles. The fourth-order valence-corrected chi connectivity index (χ4v) is 3.56. The van der Waals surface area contributed by atoms with E-state index in [4.69, 9.17) is 0 Å². The van der Waals surface area contributed by atoms with Crippen molar-refractivity contribution in [3.63, 3.8) is 0 Å². The number of hydrogen-bond donors (Lipinski definition) is 1. The summed E-state index contributed by atoms with van der Waals surface area (Å²) in [5.41, 5.74) is 2.09. The number of benzene rings is 1. The van der Waals surface area contributed by atoms with Crippen LogP contribution in [0.4, 0.5) is 4.39 Å². The van der Waals surface area contributed by atoms with Crippen molar-refractivity contribution < 1.29 is 9.18 Å². The average Bonchev–Trinajstić information content (AvgIpc) is 2.95. The van der Waals surface area contributed by atoms with E-state index < -0.39 is 0 Å². The van der Waals surface area contributed by atoms with Gasteiger partial charge in [-0.15, -0.1) is 11.3 Å². The van der Waals surface area contributed by atoms with Crippen molar-refractivity contribution in [1.29, 1.82) is 0 Å². The third kappa shape index (κ3) is 4.19. The van der Waals surface area contributed by atoms with Crippen molar-refractivity contribution in [2.75, 3.05) is 26.7 Å². The molecule has 24 heavy (non-hydrogen) atoms. The molecule has 1 aromatic heterocycles. The molecule has 1 N–H and O–H groups in total. The first-order valence-corrected chi connectivity index (χ1v) is 8.97. The monoisotopic (exact) mass is 349 g/mol. The summed E-state index contributed by atoms with van der Waals surface area (Å²) in [6.07, 6.45) is 0.896. The maximum Gasteiger partial charge on any atom is 0.265 e. The van der Waals surface area contributed by atoms with Crippen LogP contribution in [0.5, 0.6) is 0 Å². The number of aryl methyl sites for hydroxylation is 2. The van der Waals surface area contributed by atoms with Crippen LogP contribution in [0.15, 0.2) is 18.2 Å². The molecule has 1 heterocycles. The lowest BCUT2D eigenvalue weighted by Gasteiger charge is -2.20. The van der Waals surface area contributed by atoms with E-state index in [1.165, 1.54) is 17.4 Å². The normalized spacial score (nSPS) is 10.9. The van der Waals surface area contributed by atoms with E-state index in [0.29, 0.717) is 34.2 Å². The van der Waals surface area contributed by atoms with Gasteiger partial charge in [-0.25, -0.2) is 9.37 Å². The predicted molar refractivity (Wildman–Crippen MR) is 97.1 cm³/mol. The van der Waals surface area contributed by atoms with E-state index in [9.17, 15) is 9.18 Å². The Hall–Kier alpha value is -1.79. The molecule has 0 spiro atoms. The quantitative estimate of drug-likeness (QED) is 0.776. The summed E-state index contributed by atoms with van der Waals surface area (Å²) < 4.78 is 14.1. The van der Waals surface area contributed by atoms with Gasteiger partial charge in [0.15, 0.2) is 0 Å². The van der Waals surface area contributed by atoms with E-state index in [0.717, 1.165) is 18.5 Å². The molecule has 0 unspecified atom stereocenters. The van der Waals surface area contributed by atoms with Crippen LogP contribution in [0.25, 0.3) is 10.6 Å². The van der Waals surface area contributed by atoms with Crippen molar-refractivity contribution in [2.24, 2.45) is 0 Å². The van der Waals surface area contributed by atoms with Gasteiger partial charge in [0.1, 0.15) is 15.7 Å². The zero-order chi connectivity index (χ0) is 17.7. The standard InChI is InChI=1S/C18H24FN3OS/c1-5-22(10-6-9-20-4)18(23)16-13(3)21-17(24-16)14-11-12(2)7-8-15(14)19/h7-8,11,20H,5-6,9-10H2,1-4H3. The second-order valence-corrected chi connectivity index (χ2v) is 6.76. The number of hydrogen-bond acceptors (Lipinski definition) is 4. The van der Waals surface area contributed by atoms with Crippen LogP contribution in [-0.4, -0.2) is 42.5 Å². The Bertz CT molecular complexity index is 714. The van der Waals surface area contributed by atoms with E-state index in [-0.39, 0.29) is 11.7 Å². The van der Waals surface area contributed by atoms with Crippen LogP contribution in [-0.2, 0) is 0 Å². The zero-order valence-corrected chi connectivity index (χ0v) is 15.5. The smallest absolute Gasteiger partial charge is 0.265 e. The second kappa shape index (κ2) is 8.35. The van der Waals surface area contributed by atoms with Crippen LogP contribution in [0, 0.1) is 19.7 Å². The third-order valence-corrected chi connectivity index (χ3v) is 5.05. The Morgan fingerprint density at radius 1 is 1.38 bits per heavy atom. The molecule has 1 amide bonds. The molecule has 0 saturated heterocycles. The minimum atomic E-state index is -0.310. The SMILES string of the molecule is CCN(CCCNC)C(=O)c1sc(-c2cc(C)ccc2F)nc1C. The number of rotatable bonds is 7. The van der Waals surface area contributed by atoms with Crippen molar-refractivity contribution in [2.45, 2.75) is 27.2 Å². The van der Waals surface area contributed by atoms with Crippen molar-refractivity contribution >= 4 is 17.2 Å². The van der Waals surface area contributed by atoms with Gasteiger partial charge < -0.3 is 10.2 Å². The van der Waals surface area contributed by atoms with E-state index in [1.54, 1.807) is 12.1 Å². The van der Waals surface area contributed by atoms with Crippen LogP contribution >= 0.6 is 11.3 Å². The first kappa shape index (κ1) is 18.5. The first-order valence-electron chi connectivity index (χ1n) is 8.15. The highest BCUT2D eigenvalue weighted by molar-refractivity contribution is 7.17. The predicted octanol–water partition coefficient (Wildman–Crippen LogP) is 3.64. The summed E-state index contributed by atoms with van der Waals surface area (Å²) in [5, 5.41) is 3.64. The van der Waals surface area contributed by atoms with Crippen molar-refractivity contribution in [1.82, 2.24) is 15.2 Å².